The molecule has 0 aliphatic carbocycles. The van der Waals surface area contributed by atoms with Crippen molar-refractivity contribution < 1.29 is 9.90 Å². The summed E-state index contributed by atoms with van der Waals surface area (Å²) < 4.78 is 0. The number of nitrogens with two attached hydrogens (primary N) is 1. The number of hydrogen-bond acceptors (Lipinski definition) is 4. The van der Waals surface area contributed by atoms with Gasteiger partial charge in [-0.15, -0.1) is 11.8 Å². The average molecular weight is 274 g/mol. The number of likely N-dealkylation sites (tertiary alicyclic amines) is 1. The topological polar surface area (TPSA) is 66.6 Å². The molecule has 1 aliphatic rings. The SMILES string of the molecule is CC(C)C(N)C(CO)SCC(=O)N1CCCCC1. The highest BCUT2D eigenvalue weighted by atomic mass is 32.2. The molecule has 0 spiro atoms. The lowest BCUT2D eigenvalue weighted by Crippen LogP contribution is -2.41. The highest BCUT2D eigenvalue weighted by Gasteiger charge is 2.23. The van der Waals surface area contributed by atoms with Crippen LogP contribution in [0.15, 0.2) is 0 Å². The molecule has 0 aromatic rings. The van der Waals surface area contributed by atoms with Crippen LogP contribution >= 0.6 is 11.8 Å². The van der Waals surface area contributed by atoms with Crippen molar-refractivity contribution in [2.45, 2.75) is 44.4 Å². The molecule has 3 N–H and O–H groups in total. The van der Waals surface area contributed by atoms with Gasteiger partial charge >= 0.3 is 0 Å². The second-order valence-electron chi connectivity index (χ2n) is 5.29. The fourth-order valence-corrected chi connectivity index (χ4v) is 3.31. The third kappa shape index (κ3) is 4.78. The van der Waals surface area contributed by atoms with Gasteiger partial charge in [0.25, 0.3) is 0 Å². The third-order valence-electron chi connectivity index (χ3n) is 3.51. The zero-order chi connectivity index (χ0) is 13.5. The van der Waals surface area contributed by atoms with Gasteiger partial charge in [-0.05, 0) is 25.2 Å². The largest absolute Gasteiger partial charge is 0.395 e. The fraction of sp³-hybridized carbons (Fsp3) is 0.923. The average Bonchev–Trinajstić information content (AvgIpc) is 2.39. The van der Waals surface area contributed by atoms with E-state index in [4.69, 9.17) is 5.73 Å². The molecule has 2 atom stereocenters. The lowest BCUT2D eigenvalue weighted by Gasteiger charge is -2.28. The first-order valence-corrected chi connectivity index (χ1v) is 7.87. The molecule has 0 aromatic heterocycles. The Morgan fingerprint density at radius 1 is 1.33 bits per heavy atom. The summed E-state index contributed by atoms with van der Waals surface area (Å²) in [5.74, 6) is 0.944. The molecule has 0 aromatic carbocycles. The maximum atomic E-state index is 12.0. The molecular weight excluding hydrogens is 248 g/mol. The van der Waals surface area contributed by atoms with Gasteiger partial charge in [0.05, 0.1) is 12.4 Å². The standard InChI is InChI=1S/C13H26N2O2S/c1-10(2)13(14)11(8-16)18-9-12(17)15-6-4-3-5-7-15/h10-11,13,16H,3-9,14H2,1-2H3. The number of carbonyl (C=O) groups is 1. The molecule has 1 amide bonds. The smallest absolute Gasteiger partial charge is 0.232 e. The quantitative estimate of drug-likeness (QED) is 0.760. The maximum Gasteiger partial charge on any atom is 0.232 e. The van der Waals surface area contributed by atoms with Crippen LogP contribution < -0.4 is 5.73 Å². The van der Waals surface area contributed by atoms with Gasteiger partial charge < -0.3 is 15.7 Å². The molecule has 2 unspecified atom stereocenters. The highest BCUT2D eigenvalue weighted by Crippen LogP contribution is 2.19. The van der Waals surface area contributed by atoms with E-state index in [1.807, 2.05) is 18.7 Å². The van der Waals surface area contributed by atoms with Crippen LogP contribution in [0.1, 0.15) is 33.1 Å². The predicted octanol–water partition coefficient (Wildman–Crippen LogP) is 1.08. The number of thioether (sulfide) groups is 1. The van der Waals surface area contributed by atoms with Crippen LogP contribution in [0.3, 0.4) is 0 Å². The molecule has 1 aliphatic heterocycles. The molecule has 0 radical (unpaired) electrons. The summed E-state index contributed by atoms with van der Waals surface area (Å²) in [5, 5.41) is 9.30. The van der Waals surface area contributed by atoms with E-state index >= 15 is 0 Å². The lowest BCUT2D eigenvalue weighted by atomic mass is 10.0. The van der Waals surface area contributed by atoms with Crippen LogP contribution in [0.2, 0.25) is 0 Å². The van der Waals surface area contributed by atoms with Gasteiger partial charge in [0.2, 0.25) is 5.91 Å². The molecule has 0 bridgehead atoms. The summed E-state index contributed by atoms with van der Waals surface area (Å²) in [6.07, 6.45) is 3.46. The van der Waals surface area contributed by atoms with E-state index in [1.54, 1.807) is 0 Å². The van der Waals surface area contributed by atoms with Crippen LogP contribution in [0, 0.1) is 5.92 Å². The van der Waals surface area contributed by atoms with E-state index in [1.165, 1.54) is 18.2 Å². The van der Waals surface area contributed by atoms with Crippen molar-refractivity contribution in [3.8, 4) is 0 Å². The molecular formula is C13H26N2O2S. The minimum absolute atomic E-state index is 0.0390. The van der Waals surface area contributed by atoms with Gasteiger partial charge in [0, 0.05) is 24.4 Å². The summed E-state index contributed by atoms with van der Waals surface area (Å²) in [6.45, 7) is 5.90. The second kappa shape index (κ2) is 8.02. The summed E-state index contributed by atoms with van der Waals surface area (Å²) in [6, 6.07) is -0.0610. The second-order valence-corrected chi connectivity index (χ2v) is 6.52. The normalized spacial score (nSPS) is 19.9. The summed E-state index contributed by atoms with van der Waals surface area (Å²) in [5.41, 5.74) is 6.03. The van der Waals surface area contributed by atoms with Crippen molar-refractivity contribution in [2.75, 3.05) is 25.4 Å². The van der Waals surface area contributed by atoms with E-state index in [2.05, 4.69) is 0 Å². The van der Waals surface area contributed by atoms with Crippen LogP contribution in [-0.4, -0.2) is 52.7 Å². The van der Waals surface area contributed by atoms with Crippen LogP contribution in [0.25, 0.3) is 0 Å². The lowest BCUT2D eigenvalue weighted by molar-refractivity contribution is -0.129. The molecule has 18 heavy (non-hydrogen) atoms. The molecule has 106 valence electrons. The van der Waals surface area contributed by atoms with Crippen molar-refractivity contribution in [3.63, 3.8) is 0 Å². The Hall–Kier alpha value is -0.260. The van der Waals surface area contributed by atoms with E-state index in [9.17, 15) is 9.90 Å². The zero-order valence-corrected chi connectivity index (χ0v) is 12.3. The summed E-state index contributed by atoms with van der Waals surface area (Å²) >= 11 is 1.49. The Kier molecular flexibility index (Phi) is 7.04. The molecule has 1 saturated heterocycles. The number of piperidine rings is 1. The summed E-state index contributed by atoms with van der Waals surface area (Å²) in [7, 11) is 0. The van der Waals surface area contributed by atoms with Gasteiger partial charge in [-0.25, -0.2) is 0 Å². The number of nitrogens with zero attached hydrogens (tertiary/aromatic N) is 1. The first kappa shape index (κ1) is 15.8. The molecule has 1 rings (SSSR count). The zero-order valence-electron chi connectivity index (χ0n) is 11.5. The van der Waals surface area contributed by atoms with Crippen LogP contribution in [0.4, 0.5) is 0 Å². The number of aliphatic hydroxyl groups is 1. The minimum Gasteiger partial charge on any atom is -0.395 e. The third-order valence-corrected chi connectivity index (χ3v) is 4.81. The number of rotatable bonds is 6. The predicted molar refractivity (Wildman–Crippen MR) is 76.6 cm³/mol. The monoisotopic (exact) mass is 274 g/mol. The molecule has 1 heterocycles. The first-order valence-electron chi connectivity index (χ1n) is 6.82. The number of hydrogen-bond donors (Lipinski definition) is 2. The van der Waals surface area contributed by atoms with Gasteiger partial charge in [0.1, 0.15) is 0 Å². The molecule has 5 heteroatoms. The number of carbonyl (C=O) groups excluding carboxylic acids is 1. The van der Waals surface area contributed by atoms with Crippen molar-refractivity contribution in [3.05, 3.63) is 0 Å². The molecule has 1 fully saturated rings. The Bertz CT molecular complexity index is 255. The number of aliphatic hydroxyl groups excluding tert-OH is 1. The van der Waals surface area contributed by atoms with Crippen molar-refractivity contribution in [2.24, 2.45) is 11.7 Å². The Morgan fingerprint density at radius 3 is 2.44 bits per heavy atom. The molecule has 0 saturated carbocycles. The van der Waals surface area contributed by atoms with Gasteiger partial charge in [-0.2, -0.15) is 0 Å². The van der Waals surface area contributed by atoms with Crippen molar-refractivity contribution in [1.82, 2.24) is 4.90 Å². The molecule has 4 nitrogen and oxygen atoms in total. The van der Waals surface area contributed by atoms with Crippen LogP contribution in [0.5, 0.6) is 0 Å². The Labute approximate surface area is 114 Å². The first-order chi connectivity index (χ1) is 8.56. The van der Waals surface area contributed by atoms with Gasteiger partial charge in [-0.1, -0.05) is 13.8 Å². The highest BCUT2D eigenvalue weighted by molar-refractivity contribution is 8.00. The fourth-order valence-electron chi connectivity index (χ4n) is 2.13. The van der Waals surface area contributed by atoms with E-state index in [0.717, 1.165) is 25.9 Å². The van der Waals surface area contributed by atoms with Crippen LogP contribution in [-0.2, 0) is 4.79 Å². The summed E-state index contributed by atoms with van der Waals surface area (Å²) in [4.78, 5) is 13.9. The van der Waals surface area contributed by atoms with E-state index in [0.29, 0.717) is 11.7 Å². The van der Waals surface area contributed by atoms with Gasteiger partial charge in [-0.3, -0.25) is 4.79 Å². The van der Waals surface area contributed by atoms with Crippen molar-refractivity contribution >= 4 is 17.7 Å². The Balaban J connectivity index is 2.35. The van der Waals surface area contributed by atoms with E-state index in [-0.39, 0.29) is 23.8 Å². The van der Waals surface area contributed by atoms with E-state index < -0.39 is 0 Å². The number of amides is 1. The van der Waals surface area contributed by atoms with Crippen molar-refractivity contribution in [1.29, 1.82) is 0 Å². The maximum absolute atomic E-state index is 12.0. The Morgan fingerprint density at radius 2 is 1.94 bits per heavy atom. The minimum atomic E-state index is -0.0610. The van der Waals surface area contributed by atoms with Gasteiger partial charge in [0.15, 0.2) is 0 Å².